The van der Waals surface area contributed by atoms with Crippen molar-refractivity contribution in [1.29, 1.82) is 0 Å². The van der Waals surface area contributed by atoms with Crippen LogP contribution in [0, 0.1) is 6.92 Å². The quantitative estimate of drug-likeness (QED) is 0.837. The average molecular weight is 249 g/mol. The normalized spacial score (nSPS) is 24.6. The van der Waals surface area contributed by atoms with Crippen molar-refractivity contribution in [2.45, 2.75) is 64.6 Å². The third-order valence-corrected chi connectivity index (χ3v) is 3.60. The van der Waals surface area contributed by atoms with Gasteiger partial charge < -0.3 is 9.84 Å². The highest BCUT2D eigenvalue weighted by molar-refractivity contribution is 5.29. The Morgan fingerprint density at radius 3 is 2.83 bits per heavy atom. The topological polar surface area (TPSA) is 42.4 Å². The largest absolute Gasteiger partial charge is 0.486 e. The van der Waals surface area contributed by atoms with Crippen LogP contribution in [0.2, 0.25) is 0 Å². The minimum absolute atomic E-state index is 0.0673. The summed E-state index contributed by atoms with van der Waals surface area (Å²) in [5.41, 5.74) is 2.01. The van der Waals surface area contributed by atoms with Gasteiger partial charge in [0.05, 0.1) is 11.8 Å². The van der Waals surface area contributed by atoms with E-state index in [4.69, 9.17) is 4.74 Å². The van der Waals surface area contributed by atoms with Crippen molar-refractivity contribution in [2.24, 2.45) is 0 Å². The summed E-state index contributed by atoms with van der Waals surface area (Å²) in [5, 5.41) is 10.1. The van der Waals surface area contributed by atoms with Crippen molar-refractivity contribution >= 4 is 0 Å². The second-order valence-electron chi connectivity index (χ2n) is 5.11. The number of pyridine rings is 1. The van der Waals surface area contributed by atoms with Crippen LogP contribution >= 0.6 is 0 Å². The molecule has 2 rings (SSSR count). The standard InChI is InChI=1S/C15H23NO2/c1-3-12-14(10-9-11(2)16-12)18-15-8-6-4-5-7-13(15)17/h9-10,13,15,17H,3-8H2,1-2H3. The van der Waals surface area contributed by atoms with Crippen LogP contribution in [0.3, 0.4) is 0 Å². The van der Waals surface area contributed by atoms with Crippen molar-refractivity contribution < 1.29 is 9.84 Å². The van der Waals surface area contributed by atoms with Crippen LogP contribution in [0.1, 0.15) is 50.4 Å². The molecule has 1 aromatic heterocycles. The summed E-state index contributed by atoms with van der Waals surface area (Å²) in [4.78, 5) is 4.50. The predicted octanol–water partition coefficient (Wildman–Crippen LogP) is 3.02. The first-order chi connectivity index (χ1) is 8.70. The lowest BCUT2D eigenvalue weighted by Crippen LogP contribution is -2.30. The Balaban J connectivity index is 2.12. The highest BCUT2D eigenvalue weighted by atomic mass is 16.5. The van der Waals surface area contributed by atoms with Gasteiger partial charge in [0.2, 0.25) is 0 Å². The van der Waals surface area contributed by atoms with Gasteiger partial charge in [0, 0.05) is 5.69 Å². The fraction of sp³-hybridized carbons (Fsp3) is 0.667. The molecule has 0 aliphatic heterocycles. The Hall–Kier alpha value is -1.09. The van der Waals surface area contributed by atoms with Crippen molar-refractivity contribution in [3.8, 4) is 5.75 Å². The van der Waals surface area contributed by atoms with E-state index in [9.17, 15) is 5.11 Å². The number of hydrogen-bond donors (Lipinski definition) is 1. The second kappa shape index (κ2) is 6.19. The van der Waals surface area contributed by atoms with Crippen molar-refractivity contribution in [3.63, 3.8) is 0 Å². The molecule has 0 radical (unpaired) electrons. The third kappa shape index (κ3) is 3.22. The lowest BCUT2D eigenvalue weighted by Gasteiger charge is -2.23. The van der Waals surface area contributed by atoms with Gasteiger partial charge in [0.15, 0.2) is 0 Å². The van der Waals surface area contributed by atoms with Crippen LogP contribution < -0.4 is 4.74 Å². The Kier molecular flexibility index (Phi) is 4.59. The maximum absolute atomic E-state index is 10.1. The van der Waals surface area contributed by atoms with Gasteiger partial charge in [0.1, 0.15) is 11.9 Å². The van der Waals surface area contributed by atoms with Gasteiger partial charge in [-0.1, -0.05) is 19.8 Å². The van der Waals surface area contributed by atoms with E-state index in [1.54, 1.807) is 0 Å². The number of aliphatic hydroxyl groups is 1. The zero-order valence-corrected chi connectivity index (χ0v) is 11.4. The van der Waals surface area contributed by atoms with Gasteiger partial charge in [-0.15, -0.1) is 0 Å². The molecule has 2 atom stereocenters. The number of ether oxygens (including phenoxy) is 1. The first-order valence-electron chi connectivity index (χ1n) is 7.02. The molecule has 1 aromatic rings. The molecule has 1 N–H and O–H groups in total. The fourth-order valence-electron chi connectivity index (χ4n) is 2.51. The highest BCUT2D eigenvalue weighted by Gasteiger charge is 2.24. The Labute approximate surface area is 109 Å². The summed E-state index contributed by atoms with van der Waals surface area (Å²) in [6, 6.07) is 3.95. The summed E-state index contributed by atoms with van der Waals surface area (Å²) in [6.07, 6.45) is 5.70. The molecule has 3 nitrogen and oxygen atoms in total. The molecule has 1 aliphatic rings. The van der Waals surface area contributed by atoms with Crippen molar-refractivity contribution in [2.75, 3.05) is 0 Å². The Morgan fingerprint density at radius 1 is 1.28 bits per heavy atom. The summed E-state index contributed by atoms with van der Waals surface area (Å²) >= 11 is 0. The van der Waals surface area contributed by atoms with E-state index in [2.05, 4.69) is 11.9 Å². The van der Waals surface area contributed by atoms with Gasteiger partial charge in [-0.05, 0) is 44.7 Å². The van der Waals surface area contributed by atoms with Gasteiger partial charge in [0.25, 0.3) is 0 Å². The first-order valence-corrected chi connectivity index (χ1v) is 7.02. The number of nitrogens with zero attached hydrogens (tertiary/aromatic N) is 1. The highest BCUT2D eigenvalue weighted by Crippen LogP contribution is 2.25. The maximum atomic E-state index is 10.1. The van der Waals surface area contributed by atoms with Gasteiger partial charge >= 0.3 is 0 Å². The molecule has 0 bridgehead atoms. The van der Waals surface area contributed by atoms with Crippen molar-refractivity contribution in [3.05, 3.63) is 23.5 Å². The molecule has 1 saturated carbocycles. The number of rotatable bonds is 3. The minimum Gasteiger partial charge on any atom is -0.486 e. The molecule has 0 saturated heterocycles. The molecule has 0 aromatic carbocycles. The van der Waals surface area contributed by atoms with Crippen LogP contribution in [-0.2, 0) is 6.42 Å². The third-order valence-electron chi connectivity index (χ3n) is 3.60. The number of aliphatic hydroxyl groups excluding tert-OH is 1. The van der Waals surface area contributed by atoms with E-state index in [1.807, 2.05) is 19.1 Å². The number of aromatic nitrogens is 1. The van der Waals surface area contributed by atoms with Gasteiger partial charge in [-0.3, -0.25) is 4.98 Å². The monoisotopic (exact) mass is 249 g/mol. The van der Waals surface area contributed by atoms with E-state index in [1.165, 1.54) is 6.42 Å². The first kappa shape index (κ1) is 13.3. The number of aryl methyl sites for hydroxylation is 2. The van der Waals surface area contributed by atoms with E-state index in [0.717, 1.165) is 49.2 Å². The van der Waals surface area contributed by atoms with Gasteiger partial charge in [-0.25, -0.2) is 0 Å². The summed E-state index contributed by atoms with van der Waals surface area (Å²) in [6.45, 7) is 4.07. The van der Waals surface area contributed by atoms with Crippen LogP contribution in [-0.4, -0.2) is 22.3 Å². The molecular weight excluding hydrogens is 226 g/mol. The fourth-order valence-corrected chi connectivity index (χ4v) is 2.51. The molecule has 3 heteroatoms. The molecule has 1 fully saturated rings. The van der Waals surface area contributed by atoms with E-state index in [0.29, 0.717) is 0 Å². The second-order valence-corrected chi connectivity index (χ2v) is 5.11. The summed E-state index contributed by atoms with van der Waals surface area (Å²) in [5.74, 6) is 0.842. The molecule has 100 valence electrons. The molecule has 1 aliphatic carbocycles. The molecular formula is C15H23NO2. The van der Waals surface area contributed by atoms with Crippen molar-refractivity contribution in [1.82, 2.24) is 4.98 Å². The molecule has 0 spiro atoms. The molecule has 1 heterocycles. The molecule has 2 unspecified atom stereocenters. The lowest BCUT2D eigenvalue weighted by atomic mass is 10.1. The minimum atomic E-state index is -0.335. The van der Waals surface area contributed by atoms with Crippen LogP contribution in [0.25, 0.3) is 0 Å². The predicted molar refractivity (Wildman–Crippen MR) is 71.9 cm³/mol. The molecule has 0 amide bonds. The van der Waals surface area contributed by atoms with Crippen LogP contribution in [0.15, 0.2) is 12.1 Å². The molecule has 18 heavy (non-hydrogen) atoms. The van der Waals surface area contributed by atoms with Crippen LogP contribution in [0.5, 0.6) is 5.75 Å². The Morgan fingerprint density at radius 2 is 2.06 bits per heavy atom. The SMILES string of the molecule is CCc1nc(C)ccc1OC1CCCCCC1O. The maximum Gasteiger partial charge on any atom is 0.141 e. The zero-order chi connectivity index (χ0) is 13.0. The van der Waals surface area contributed by atoms with E-state index < -0.39 is 0 Å². The van der Waals surface area contributed by atoms with E-state index in [-0.39, 0.29) is 12.2 Å². The summed E-state index contributed by atoms with van der Waals surface area (Å²) in [7, 11) is 0. The lowest BCUT2D eigenvalue weighted by molar-refractivity contribution is 0.0312. The Bertz CT molecular complexity index is 392. The average Bonchev–Trinajstić information content (AvgIpc) is 2.57. The van der Waals surface area contributed by atoms with E-state index >= 15 is 0 Å². The van der Waals surface area contributed by atoms with Crippen LogP contribution in [0.4, 0.5) is 0 Å². The smallest absolute Gasteiger partial charge is 0.141 e. The zero-order valence-electron chi connectivity index (χ0n) is 11.4. The number of hydrogen-bond acceptors (Lipinski definition) is 3. The summed E-state index contributed by atoms with van der Waals surface area (Å²) < 4.78 is 6.01. The van der Waals surface area contributed by atoms with Gasteiger partial charge in [-0.2, -0.15) is 0 Å².